The van der Waals surface area contributed by atoms with E-state index in [9.17, 15) is 27.2 Å². The molecule has 0 radical (unpaired) electrons. The van der Waals surface area contributed by atoms with Crippen molar-refractivity contribution in [1.29, 1.82) is 0 Å². The van der Waals surface area contributed by atoms with Gasteiger partial charge in [-0.15, -0.1) is 13.2 Å². The van der Waals surface area contributed by atoms with Crippen LogP contribution in [0.3, 0.4) is 0 Å². The van der Waals surface area contributed by atoms with Crippen LogP contribution in [0.5, 0.6) is 5.75 Å². The molecular weight excluding hydrogens is 504 g/mol. The molecule has 3 rings (SSSR count). The third-order valence-corrected chi connectivity index (χ3v) is 5.33. The molecule has 2 amide bonds. The van der Waals surface area contributed by atoms with E-state index < -0.39 is 35.5 Å². The van der Waals surface area contributed by atoms with Gasteiger partial charge in [-0.3, -0.25) is 4.79 Å². The molecule has 1 aromatic heterocycles. The summed E-state index contributed by atoms with van der Waals surface area (Å²) >= 11 is 2.77. The van der Waals surface area contributed by atoms with Crippen molar-refractivity contribution in [1.82, 2.24) is 9.88 Å². The number of hydrogen-bond donors (Lipinski definition) is 2. The molecule has 2 heterocycles. The lowest BCUT2D eigenvalue weighted by atomic mass is 10.1. The molecule has 1 atom stereocenters. The second-order valence-corrected chi connectivity index (χ2v) is 7.77. The number of aromatic nitrogens is 1. The van der Waals surface area contributed by atoms with E-state index in [0.29, 0.717) is 25.5 Å². The van der Waals surface area contributed by atoms with Crippen LogP contribution in [0.4, 0.5) is 33.9 Å². The van der Waals surface area contributed by atoms with E-state index in [0.717, 1.165) is 12.1 Å². The Morgan fingerprint density at radius 1 is 1.25 bits per heavy atom. The van der Waals surface area contributed by atoms with Gasteiger partial charge in [0.25, 0.3) is 5.91 Å². The number of halogens is 5. The van der Waals surface area contributed by atoms with Gasteiger partial charge in [0.1, 0.15) is 5.82 Å². The van der Waals surface area contributed by atoms with Gasteiger partial charge in [-0.1, -0.05) is 0 Å². The van der Waals surface area contributed by atoms with Crippen molar-refractivity contribution >= 4 is 39.4 Å². The van der Waals surface area contributed by atoms with E-state index in [-0.39, 0.29) is 16.2 Å². The number of carboxylic acid groups (broad SMARTS) is 1. The van der Waals surface area contributed by atoms with E-state index in [4.69, 9.17) is 5.11 Å². The summed E-state index contributed by atoms with van der Waals surface area (Å²) in [6.45, 7) is 2.90. The van der Waals surface area contributed by atoms with Crippen LogP contribution in [0, 0.1) is 5.82 Å². The summed E-state index contributed by atoms with van der Waals surface area (Å²) in [4.78, 5) is 30.9. The minimum atomic E-state index is -5.13. The molecule has 1 unspecified atom stereocenters. The van der Waals surface area contributed by atoms with Gasteiger partial charge in [-0.05, 0) is 47.1 Å². The van der Waals surface area contributed by atoms with Crippen LogP contribution in [0.25, 0.3) is 0 Å². The fraction of sp³-hybridized carbons (Fsp3) is 0.316. The van der Waals surface area contributed by atoms with E-state index in [1.54, 1.807) is 6.07 Å². The number of anilines is 2. The predicted octanol–water partition coefficient (Wildman–Crippen LogP) is 4.32. The molecule has 1 aliphatic rings. The highest BCUT2D eigenvalue weighted by atomic mass is 79.9. The van der Waals surface area contributed by atoms with Gasteiger partial charge in [-0.2, -0.15) is 0 Å². The highest BCUT2D eigenvalue weighted by Crippen LogP contribution is 2.35. The second kappa shape index (κ2) is 9.18. The summed E-state index contributed by atoms with van der Waals surface area (Å²) in [5.74, 6) is -3.05. The Bertz CT molecular complexity index is 1020. The normalized spacial score (nSPS) is 16.6. The number of ether oxygens (including phenoxy) is 1. The molecule has 13 heteroatoms. The summed E-state index contributed by atoms with van der Waals surface area (Å²) in [5.41, 5.74) is -0.453. The van der Waals surface area contributed by atoms with E-state index in [1.165, 1.54) is 17.2 Å². The number of rotatable bonds is 4. The van der Waals surface area contributed by atoms with Crippen LogP contribution in [-0.4, -0.2) is 59.0 Å². The standard InChI is InChI=1S/C19H17BrF4N4O4/c1-10-9-27(18(30)31)6-7-28(10)14-5-2-11(8-25-14)26-17(29)12-3-4-13(20)16(15(12)21)32-19(22,23)24/h2-5,8,10H,6-7,9H2,1H3,(H,26,29)(H,30,31). The van der Waals surface area contributed by atoms with Crippen LogP contribution in [-0.2, 0) is 0 Å². The van der Waals surface area contributed by atoms with Crippen molar-refractivity contribution in [2.45, 2.75) is 19.3 Å². The first-order valence-corrected chi connectivity index (χ1v) is 10.0. The highest BCUT2D eigenvalue weighted by molar-refractivity contribution is 9.10. The van der Waals surface area contributed by atoms with E-state index in [1.807, 2.05) is 11.8 Å². The van der Waals surface area contributed by atoms with Crippen molar-refractivity contribution in [2.75, 3.05) is 29.9 Å². The van der Waals surface area contributed by atoms with Gasteiger partial charge >= 0.3 is 12.5 Å². The Morgan fingerprint density at radius 3 is 2.53 bits per heavy atom. The molecule has 32 heavy (non-hydrogen) atoms. The monoisotopic (exact) mass is 520 g/mol. The lowest BCUT2D eigenvalue weighted by Gasteiger charge is -2.39. The zero-order valence-electron chi connectivity index (χ0n) is 16.5. The smallest absolute Gasteiger partial charge is 0.465 e. The Balaban J connectivity index is 1.72. The highest BCUT2D eigenvalue weighted by Gasteiger charge is 2.34. The summed E-state index contributed by atoms with van der Waals surface area (Å²) in [6, 6.07) is 5.05. The molecular formula is C19H17BrF4N4O4. The van der Waals surface area contributed by atoms with Crippen molar-refractivity contribution in [3.05, 3.63) is 46.3 Å². The molecule has 172 valence electrons. The SMILES string of the molecule is CC1CN(C(=O)O)CCN1c1ccc(NC(=O)c2ccc(Br)c(OC(F)(F)F)c2F)cn1. The average Bonchev–Trinajstić information content (AvgIpc) is 2.71. The average molecular weight is 521 g/mol. The van der Waals surface area contributed by atoms with Gasteiger partial charge in [-0.25, -0.2) is 14.2 Å². The fourth-order valence-electron chi connectivity index (χ4n) is 3.22. The van der Waals surface area contributed by atoms with Gasteiger partial charge in [0, 0.05) is 25.7 Å². The molecule has 1 aliphatic heterocycles. The maximum Gasteiger partial charge on any atom is 0.573 e. The van der Waals surface area contributed by atoms with Gasteiger partial charge in [0.15, 0.2) is 11.6 Å². The fourth-order valence-corrected chi connectivity index (χ4v) is 3.60. The first kappa shape index (κ1) is 23.6. The summed E-state index contributed by atoms with van der Waals surface area (Å²) in [7, 11) is 0. The molecule has 2 aromatic rings. The zero-order valence-corrected chi connectivity index (χ0v) is 18.1. The number of nitrogens with one attached hydrogen (secondary N) is 1. The van der Waals surface area contributed by atoms with Gasteiger partial charge in [0.05, 0.1) is 21.9 Å². The summed E-state index contributed by atoms with van der Waals surface area (Å²) in [5, 5.41) is 11.5. The van der Waals surface area contributed by atoms with Crippen LogP contribution in [0.2, 0.25) is 0 Å². The summed E-state index contributed by atoms with van der Waals surface area (Å²) in [6.07, 6.45) is -4.81. The molecule has 1 saturated heterocycles. The number of carbonyl (C=O) groups excluding carboxylic acids is 1. The van der Waals surface area contributed by atoms with Crippen LogP contribution in [0.15, 0.2) is 34.9 Å². The predicted molar refractivity (Wildman–Crippen MR) is 109 cm³/mol. The number of benzene rings is 1. The minimum Gasteiger partial charge on any atom is -0.465 e. The first-order chi connectivity index (χ1) is 15.0. The second-order valence-electron chi connectivity index (χ2n) is 6.92. The van der Waals surface area contributed by atoms with E-state index in [2.05, 4.69) is 31.0 Å². The Morgan fingerprint density at radius 2 is 1.97 bits per heavy atom. The maximum absolute atomic E-state index is 14.5. The minimum absolute atomic E-state index is 0.128. The molecule has 0 bridgehead atoms. The Hall–Kier alpha value is -3.09. The lowest BCUT2D eigenvalue weighted by molar-refractivity contribution is -0.275. The quantitative estimate of drug-likeness (QED) is 0.583. The molecule has 0 saturated carbocycles. The molecule has 0 aliphatic carbocycles. The third kappa shape index (κ3) is 5.39. The van der Waals surface area contributed by atoms with Crippen molar-refractivity contribution in [3.8, 4) is 5.75 Å². The van der Waals surface area contributed by atoms with Gasteiger partial charge < -0.3 is 25.0 Å². The molecule has 8 nitrogen and oxygen atoms in total. The molecule has 1 fully saturated rings. The van der Waals surface area contributed by atoms with Gasteiger partial charge in [0.2, 0.25) is 0 Å². The number of nitrogens with zero attached hydrogens (tertiary/aromatic N) is 3. The molecule has 2 N–H and O–H groups in total. The van der Waals surface area contributed by atoms with Crippen molar-refractivity contribution in [2.24, 2.45) is 0 Å². The van der Waals surface area contributed by atoms with Crippen molar-refractivity contribution in [3.63, 3.8) is 0 Å². The number of amides is 2. The molecule has 1 aromatic carbocycles. The Kier molecular flexibility index (Phi) is 6.77. The Labute approximate surface area is 187 Å². The maximum atomic E-state index is 14.5. The van der Waals surface area contributed by atoms with Crippen LogP contribution >= 0.6 is 15.9 Å². The summed E-state index contributed by atoms with van der Waals surface area (Å²) < 4.78 is 55.4. The number of piperazine rings is 1. The number of carbonyl (C=O) groups is 2. The lowest BCUT2D eigenvalue weighted by Crippen LogP contribution is -2.53. The zero-order chi connectivity index (χ0) is 23.6. The van der Waals surface area contributed by atoms with Crippen LogP contribution in [0.1, 0.15) is 17.3 Å². The third-order valence-electron chi connectivity index (χ3n) is 4.71. The number of pyridine rings is 1. The van der Waals surface area contributed by atoms with E-state index >= 15 is 0 Å². The number of alkyl halides is 3. The molecule has 0 spiro atoms. The largest absolute Gasteiger partial charge is 0.573 e. The first-order valence-electron chi connectivity index (χ1n) is 9.22. The van der Waals surface area contributed by atoms with Crippen LogP contribution < -0.4 is 15.0 Å². The van der Waals surface area contributed by atoms with Crippen molar-refractivity contribution < 1.29 is 37.0 Å². The number of hydrogen-bond acceptors (Lipinski definition) is 5. The topological polar surface area (TPSA) is 95.0 Å².